The van der Waals surface area contributed by atoms with Crippen LogP contribution in [0.1, 0.15) is 30.6 Å². The van der Waals surface area contributed by atoms with E-state index in [0.717, 1.165) is 0 Å². The number of H-pyrrole nitrogens is 1. The Labute approximate surface area is 122 Å². The monoisotopic (exact) mass is 294 g/mol. The van der Waals surface area contributed by atoms with E-state index in [9.17, 15) is 9.59 Å². The summed E-state index contributed by atoms with van der Waals surface area (Å²) in [6.07, 6.45) is 2.30. The van der Waals surface area contributed by atoms with E-state index in [4.69, 9.17) is 17.0 Å². The Kier molecular flexibility index (Phi) is 4.23. The van der Waals surface area contributed by atoms with E-state index in [-0.39, 0.29) is 11.9 Å². The lowest BCUT2D eigenvalue weighted by Crippen LogP contribution is -2.36. The summed E-state index contributed by atoms with van der Waals surface area (Å²) in [5.41, 5.74) is -0.151. The van der Waals surface area contributed by atoms with Crippen LogP contribution in [0.3, 0.4) is 0 Å². The van der Waals surface area contributed by atoms with Gasteiger partial charge in [-0.1, -0.05) is 12.2 Å². The zero-order chi connectivity index (χ0) is 14.8. The number of nitrogens with one attached hydrogen (secondary N) is 1. The number of aromatic amines is 1. The minimum absolute atomic E-state index is 0.139. The van der Waals surface area contributed by atoms with Crippen LogP contribution in [0.5, 0.6) is 0 Å². The molecule has 1 aromatic heterocycles. The zero-order valence-corrected chi connectivity index (χ0v) is 12.5. The van der Waals surface area contributed by atoms with E-state index in [1.54, 1.807) is 30.2 Å². The Balaban J connectivity index is 2.14. The van der Waals surface area contributed by atoms with Gasteiger partial charge in [0.25, 0.3) is 5.91 Å². The summed E-state index contributed by atoms with van der Waals surface area (Å²) < 4.78 is 5.50. The molecule has 2 rings (SSSR count). The third-order valence-corrected chi connectivity index (χ3v) is 3.92. The van der Waals surface area contributed by atoms with E-state index >= 15 is 0 Å². The molecule has 1 aliphatic heterocycles. The van der Waals surface area contributed by atoms with Crippen molar-refractivity contribution in [2.24, 2.45) is 5.41 Å². The van der Waals surface area contributed by atoms with Gasteiger partial charge in [0.1, 0.15) is 4.64 Å². The summed E-state index contributed by atoms with van der Waals surface area (Å²) in [6.45, 7) is 4.88. The molecule has 0 radical (unpaired) electrons. The maximum absolute atomic E-state index is 12.4. The molecule has 0 aliphatic carbocycles. The average molecular weight is 294 g/mol. The van der Waals surface area contributed by atoms with Crippen molar-refractivity contribution in [2.45, 2.75) is 20.3 Å². The molecule has 0 saturated carbocycles. The molecule has 1 aliphatic rings. The van der Waals surface area contributed by atoms with Crippen LogP contribution in [0.4, 0.5) is 0 Å². The van der Waals surface area contributed by atoms with Crippen LogP contribution < -0.4 is 0 Å². The molecule has 0 aromatic carbocycles. The van der Waals surface area contributed by atoms with Crippen molar-refractivity contribution < 1.29 is 14.3 Å². The summed E-state index contributed by atoms with van der Waals surface area (Å²) in [6, 6.07) is 3.44. The molecular weight excluding hydrogens is 276 g/mol. The van der Waals surface area contributed by atoms with Crippen molar-refractivity contribution in [3.63, 3.8) is 0 Å². The average Bonchev–Trinajstić information content (AvgIpc) is 2.83. The molecule has 1 fully saturated rings. The summed E-state index contributed by atoms with van der Waals surface area (Å²) in [4.78, 5) is 28.9. The molecule has 1 saturated heterocycles. The molecule has 0 bridgehead atoms. The zero-order valence-electron chi connectivity index (χ0n) is 11.6. The van der Waals surface area contributed by atoms with E-state index in [1.165, 1.54) is 0 Å². The number of pyridine rings is 1. The van der Waals surface area contributed by atoms with E-state index in [2.05, 4.69) is 4.98 Å². The maximum atomic E-state index is 12.4. The fourth-order valence-corrected chi connectivity index (χ4v) is 2.59. The first-order valence-corrected chi connectivity index (χ1v) is 7.03. The minimum Gasteiger partial charge on any atom is -0.466 e. The molecule has 1 atom stereocenters. The molecule has 0 unspecified atom stereocenters. The molecule has 1 N–H and O–H groups in total. The quantitative estimate of drug-likeness (QED) is 0.685. The number of esters is 1. The van der Waals surface area contributed by atoms with Crippen molar-refractivity contribution >= 4 is 24.1 Å². The largest absolute Gasteiger partial charge is 0.466 e. The number of hydrogen-bond donors (Lipinski definition) is 1. The highest BCUT2D eigenvalue weighted by Crippen LogP contribution is 2.32. The number of amides is 1. The maximum Gasteiger partial charge on any atom is 0.313 e. The number of carbonyl (C=O) groups excluding carboxylic acids is 2. The number of aromatic nitrogens is 1. The first-order chi connectivity index (χ1) is 9.48. The van der Waals surface area contributed by atoms with Crippen LogP contribution in [-0.4, -0.2) is 41.5 Å². The summed E-state index contributed by atoms with van der Waals surface area (Å²) in [7, 11) is 0. The van der Waals surface area contributed by atoms with Crippen LogP contribution in [0, 0.1) is 10.1 Å². The lowest BCUT2D eigenvalue weighted by atomic mass is 9.90. The van der Waals surface area contributed by atoms with Gasteiger partial charge in [-0.3, -0.25) is 9.59 Å². The van der Waals surface area contributed by atoms with Crippen LogP contribution >= 0.6 is 12.2 Å². The number of carbonyl (C=O) groups is 2. The van der Waals surface area contributed by atoms with Gasteiger partial charge in [0.15, 0.2) is 0 Å². The molecule has 2 heterocycles. The Morgan fingerprint density at radius 2 is 2.30 bits per heavy atom. The first kappa shape index (κ1) is 14.7. The van der Waals surface area contributed by atoms with Gasteiger partial charge in [-0.2, -0.15) is 0 Å². The molecule has 5 nitrogen and oxygen atoms in total. The third-order valence-electron chi connectivity index (χ3n) is 3.58. The second-order valence-electron chi connectivity index (χ2n) is 5.17. The van der Waals surface area contributed by atoms with Gasteiger partial charge in [0.05, 0.1) is 17.6 Å². The van der Waals surface area contributed by atoms with E-state index in [1.807, 2.05) is 6.92 Å². The Morgan fingerprint density at radius 3 is 2.95 bits per heavy atom. The Hall–Kier alpha value is -1.69. The number of nitrogens with zero attached hydrogens (tertiary/aromatic N) is 1. The van der Waals surface area contributed by atoms with Crippen LogP contribution in [0.25, 0.3) is 0 Å². The van der Waals surface area contributed by atoms with Gasteiger partial charge in [0, 0.05) is 19.3 Å². The van der Waals surface area contributed by atoms with E-state index < -0.39 is 5.41 Å². The molecule has 6 heteroatoms. The smallest absolute Gasteiger partial charge is 0.313 e. The highest BCUT2D eigenvalue weighted by molar-refractivity contribution is 7.71. The normalized spacial score (nSPS) is 21.8. The van der Waals surface area contributed by atoms with Gasteiger partial charge in [-0.05, 0) is 32.4 Å². The lowest BCUT2D eigenvalue weighted by molar-refractivity contribution is -0.153. The predicted octanol–water partition coefficient (Wildman–Crippen LogP) is 2.16. The van der Waals surface area contributed by atoms with Crippen molar-refractivity contribution in [1.82, 2.24) is 9.88 Å². The van der Waals surface area contributed by atoms with E-state index in [0.29, 0.717) is 36.3 Å². The second-order valence-corrected chi connectivity index (χ2v) is 5.58. The topological polar surface area (TPSA) is 62.4 Å². The van der Waals surface area contributed by atoms with Gasteiger partial charge < -0.3 is 14.6 Å². The van der Waals surface area contributed by atoms with Gasteiger partial charge in [-0.15, -0.1) is 0 Å². The van der Waals surface area contributed by atoms with Crippen molar-refractivity contribution in [3.05, 3.63) is 28.5 Å². The Bertz CT molecular complexity index is 584. The van der Waals surface area contributed by atoms with Crippen molar-refractivity contribution in [1.29, 1.82) is 0 Å². The highest BCUT2D eigenvalue weighted by atomic mass is 32.1. The van der Waals surface area contributed by atoms with Gasteiger partial charge >= 0.3 is 5.97 Å². The second kappa shape index (κ2) is 5.75. The first-order valence-electron chi connectivity index (χ1n) is 6.62. The standard InChI is InChI=1S/C14H18N2O3S/c1-3-19-13(18)14(2)6-8-16(9-14)12(17)10-5-4-7-15-11(10)20/h4-5,7H,3,6,8-9H2,1-2H3,(H,15,20)/t14-/m0/s1. The summed E-state index contributed by atoms with van der Waals surface area (Å²) in [5.74, 6) is -0.381. The highest BCUT2D eigenvalue weighted by Gasteiger charge is 2.43. The fourth-order valence-electron chi connectivity index (χ4n) is 2.37. The van der Waals surface area contributed by atoms with Crippen LogP contribution in [0.2, 0.25) is 0 Å². The van der Waals surface area contributed by atoms with Crippen molar-refractivity contribution in [2.75, 3.05) is 19.7 Å². The minimum atomic E-state index is -0.619. The predicted molar refractivity (Wildman–Crippen MR) is 76.9 cm³/mol. The molecule has 20 heavy (non-hydrogen) atoms. The van der Waals surface area contributed by atoms with Crippen molar-refractivity contribution in [3.8, 4) is 0 Å². The number of ether oxygens (including phenoxy) is 1. The summed E-state index contributed by atoms with van der Waals surface area (Å²) in [5, 5.41) is 0. The molecule has 1 aromatic rings. The fraction of sp³-hybridized carbons (Fsp3) is 0.500. The SMILES string of the molecule is CCOC(=O)[C@@]1(C)CCN(C(=O)c2ccc[nH]c2=S)C1. The molecule has 108 valence electrons. The number of rotatable bonds is 3. The lowest BCUT2D eigenvalue weighted by Gasteiger charge is -2.22. The molecular formula is C14H18N2O3S. The van der Waals surface area contributed by atoms with Crippen LogP contribution in [0.15, 0.2) is 18.3 Å². The third kappa shape index (κ3) is 2.75. The number of hydrogen-bond acceptors (Lipinski definition) is 4. The molecule has 1 amide bonds. The van der Waals surface area contributed by atoms with Crippen LogP contribution in [-0.2, 0) is 9.53 Å². The summed E-state index contributed by atoms with van der Waals surface area (Å²) >= 11 is 5.12. The molecule has 0 spiro atoms. The Morgan fingerprint density at radius 1 is 1.55 bits per heavy atom. The van der Waals surface area contributed by atoms with Gasteiger partial charge in [-0.25, -0.2) is 0 Å². The number of likely N-dealkylation sites (tertiary alicyclic amines) is 1. The van der Waals surface area contributed by atoms with Gasteiger partial charge in [0.2, 0.25) is 0 Å².